The quantitative estimate of drug-likeness (QED) is 0.718. The molecule has 2 aromatic rings. The topological polar surface area (TPSA) is 123 Å². The molecular formula is C17H20N2O5S2. The molecule has 2 rings (SSSR count). The third kappa shape index (κ3) is 6.25. The summed E-state index contributed by atoms with van der Waals surface area (Å²) in [7, 11) is -6.83. The number of sulfonamides is 1. The predicted octanol–water partition coefficient (Wildman–Crippen LogP) is 0.851. The molecule has 9 heteroatoms. The molecule has 0 unspecified atom stereocenters. The Morgan fingerprint density at radius 1 is 0.923 bits per heavy atom. The minimum absolute atomic E-state index is 0.0412. The molecule has 0 heterocycles. The summed E-state index contributed by atoms with van der Waals surface area (Å²) >= 11 is 0. The van der Waals surface area contributed by atoms with Crippen LogP contribution in [0.1, 0.15) is 21.5 Å². The molecule has 0 aliphatic heterocycles. The number of sulfone groups is 1. The molecule has 0 fully saturated rings. The summed E-state index contributed by atoms with van der Waals surface area (Å²) in [6.07, 6.45) is 1.69. The number of nitrogens with one attached hydrogen (secondary N) is 1. The zero-order valence-electron chi connectivity index (χ0n) is 14.2. The van der Waals surface area contributed by atoms with Gasteiger partial charge in [-0.05, 0) is 41.8 Å². The normalized spacial score (nSPS) is 11.9. The van der Waals surface area contributed by atoms with E-state index in [-0.39, 0.29) is 16.6 Å². The molecule has 0 aromatic heterocycles. The molecule has 0 aliphatic rings. The Hall–Kier alpha value is -2.23. The van der Waals surface area contributed by atoms with Crippen LogP contribution in [0.15, 0.2) is 53.4 Å². The molecule has 3 N–H and O–H groups in total. The van der Waals surface area contributed by atoms with Crippen molar-refractivity contribution in [1.82, 2.24) is 5.32 Å². The molecular weight excluding hydrogens is 376 g/mol. The molecule has 7 nitrogen and oxygen atoms in total. The van der Waals surface area contributed by atoms with Gasteiger partial charge in [-0.2, -0.15) is 0 Å². The number of amides is 1. The van der Waals surface area contributed by atoms with Crippen LogP contribution in [0.2, 0.25) is 0 Å². The van der Waals surface area contributed by atoms with E-state index in [1.807, 2.05) is 0 Å². The SMILES string of the molecule is CS(=O)(=O)Cc1ccc(C(=O)NCCc2ccc(S(N)(=O)=O)cc2)cc1. The zero-order valence-corrected chi connectivity index (χ0v) is 15.8. The van der Waals surface area contributed by atoms with Crippen LogP contribution in [0.3, 0.4) is 0 Å². The van der Waals surface area contributed by atoms with Crippen LogP contribution in [-0.4, -0.2) is 35.5 Å². The highest BCUT2D eigenvalue weighted by molar-refractivity contribution is 7.90. The molecule has 0 spiro atoms. The van der Waals surface area contributed by atoms with Gasteiger partial charge in [0.2, 0.25) is 10.0 Å². The molecule has 0 saturated heterocycles. The zero-order chi connectivity index (χ0) is 19.4. The number of nitrogens with two attached hydrogens (primary N) is 1. The lowest BCUT2D eigenvalue weighted by atomic mass is 10.1. The molecule has 2 aromatic carbocycles. The van der Waals surface area contributed by atoms with E-state index >= 15 is 0 Å². The molecule has 140 valence electrons. The van der Waals surface area contributed by atoms with Crippen molar-refractivity contribution >= 4 is 25.8 Å². The molecule has 26 heavy (non-hydrogen) atoms. The first kappa shape index (κ1) is 20.1. The van der Waals surface area contributed by atoms with Crippen molar-refractivity contribution in [2.24, 2.45) is 5.14 Å². The summed E-state index contributed by atoms with van der Waals surface area (Å²) in [6, 6.07) is 12.5. The maximum atomic E-state index is 12.1. The number of primary sulfonamides is 1. The Labute approximate surface area is 153 Å². The summed E-state index contributed by atoms with van der Waals surface area (Å²) < 4.78 is 44.9. The van der Waals surface area contributed by atoms with Crippen molar-refractivity contribution in [2.45, 2.75) is 17.1 Å². The number of rotatable bonds is 7. The smallest absolute Gasteiger partial charge is 0.251 e. The van der Waals surface area contributed by atoms with Gasteiger partial charge < -0.3 is 5.32 Å². The van der Waals surface area contributed by atoms with E-state index < -0.39 is 19.9 Å². The van der Waals surface area contributed by atoms with Crippen LogP contribution in [0.4, 0.5) is 0 Å². The Morgan fingerprint density at radius 3 is 1.96 bits per heavy atom. The van der Waals surface area contributed by atoms with Crippen molar-refractivity contribution < 1.29 is 21.6 Å². The van der Waals surface area contributed by atoms with Crippen LogP contribution in [0, 0.1) is 0 Å². The van der Waals surface area contributed by atoms with Gasteiger partial charge in [-0.3, -0.25) is 4.79 Å². The number of carbonyl (C=O) groups excluding carboxylic acids is 1. The molecule has 1 amide bonds. The minimum Gasteiger partial charge on any atom is -0.352 e. The Kier molecular flexibility index (Phi) is 6.17. The highest BCUT2D eigenvalue weighted by Crippen LogP contribution is 2.10. The van der Waals surface area contributed by atoms with Crippen molar-refractivity contribution in [1.29, 1.82) is 0 Å². The Balaban J connectivity index is 1.88. The number of carbonyl (C=O) groups is 1. The predicted molar refractivity (Wildman–Crippen MR) is 98.8 cm³/mol. The summed E-state index contributed by atoms with van der Waals surface area (Å²) in [5.74, 6) is -0.333. The Morgan fingerprint density at radius 2 is 1.46 bits per heavy atom. The van der Waals surface area contributed by atoms with E-state index in [0.717, 1.165) is 11.8 Å². The van der Waals surface area contributed by atoms with E-state index in [0.29, 0.717) is 24.1 Å². The summed E-state index contributed by atoms with van der Waals surface area (Å²) in [4.78, 5) is 12.1. The molecule has 0 saturated carbocycles. The van der Waals surface area contributed by atoms with Crippen molar-refractivity contribution in [3.05, 3.63) is 65.2 Å². The highest BCUT2D eigenvalue weighted by atomic mass is 32.2. The molecule has 0 bridgehead atoms. The molecule has 0 radical (unpaired) electrons. The van der Waals surface area contributed by atoms with E-state index in [4.69, 9.17) is 5.14 Å². The van der Waals surface area contributed by atoms with E-state index in [9.17, 15) is 21.6 Å². The molecule has 0 atom stereocenters. The van der Waals surface area contributed by atoms with Gasteiger partial charge in [-0.1, -0.05) is 24.3 Å². The lowest BCUT2D eigenvalue weighted by Gasteiger charge is -2.07. The number of benzene rings is 2. The average molecular weight is 396 g/mol. The van der Waals surface area contributed by atoms with Crippen molar-refractivity contribution in [3.8, 4) is 0 Å². The van der Waals surface area contributed by atoms with Crippen LogP contribution in [0.5, 0.6) is 0 Å². The van der Waals surface area contributed by atoms with Gasteiger partial charge in [0.15, 0.2) is 9.84 Å². The van der Waals surface area contributed by atoms with E-state index in [1.54, 1.807) is 36.4 Å². The van der Waals surface area contributed by atoms with Crippen LogP contribution in [0.25, 0.3) is 0 Å². The van der Waals surface area contributed by atoms with Gasteiger partial charge in [-0.25, -0.2) is 22.0 Å². The van der Waals surface area contributed by atoms with Crippen molar-refractivity contribution in [3.63, 3.8) is 0 Å². The first-order valence-electron chi connectivity index (χ1n) is 7.71. The highest BCUT2D eigenvalue weighted by Gasteiger charge is 2.09. The number of hydrogen-bond acceptors (Lipinski definition) is 5. The van der Waals surface area contributed by atoms with Crippen LogP contribution >= 0.6 is 0 Å². The molecule has 0 aliphatic carbocycles. The maximum absolute atomic E-state index is 12.1. The van der Waals surface area contributed by atoms with Crippen LogP contribution < -0.4 is 10.5 Å². The van der Waals surface area contributed by atoms with Gasteiger partial charge in [-0.15, -0.1) is 0 Å². The third-order valence-corrected chi connectivity index (χ3v) is 5.38. The standard InChI is InChI=1S/C17H20N2O5S2/c1-25(21,22)12-14-2-6-15(7-3-14)17(20)19-11-10-13-4-8-16(9-5-13)26(18,23)24/h2-9H,10-12H2,1H3,(H,19,20)(H2,18,23,24). The van der Waals surface area contributed by atoms with Gasteiger partial charge >= 0.3 is 0 Å². The minimum atomic E-state index is -3.71. The van der Waals surface area contributed by atoms with Gasteiger partial charge in [0, 0.05) is 18.4 Å². The van der Waals surface area contributed by atoms with E-state index in [2.05, 4.69) is 5.32 Å². The summed E-state index contributed by atoms with van der Waals surface area (Å²) in [6.45, 7) is 0.374. The first-order valence-corrected chi connectivity index (χ1v) is 11.3. The second-order valence-electron chi connectivity index (χ2n) is 5.96. The van der Waals surface area contributed by atoms with Gasteiger partial charge in [0.25, 0.3) is 5.91 Å². The van der Waals surface area contributed by atoms with Crippen LogP contribution in [-0.2, 0) is 32.0 Å². The fraction of sp³-hybridized carbons (Fsp3) is 0.235. The maximum Gasteiger partial charge on any atom is 0.251 e. The Bertz CT molecular complexity index is 980. The average Bonchev–Trinajstić information content (AvgIpc) is 2.53. The van der Waals surface area contributed by atoms with Gasteiger partial charge in [0.1, 0.15) is 0 Å². The lowest BCUT2D eigenvalue weighted by molar-refractivity contribution is 0.0954. The largest absolute Gasteiger partial charge is 0.352 e. The second-order valence-corrected chi connectivity index (χ2v) is 9.66. The van der Waals surface area contributed by atoms with Crippen molar-refractivity contribution in [2.75, 3.05) is 12.8 Å². The summed E-state index contributed by atoms with van der Waals surface area (Å²) in [5.41, 5.74) is 1.92. The second kappa shape index (κ2) is 7.98. The fourth-order valence-electron chi connectivity index (χ4n) is 2.32. The number of hydrogen-bond donors (Lipinski definition) is 2. The van der Waals surface area contributed by atoms with E-state index in [1.165, 1.54) is 12.1 Å². The third-order valence-electron chi connectivity index (χ3n) is 3.60. The lowest BCUT2D eigenvalue weighted by Crippen LogP contribution is -2.25. The van der Waals surface area contributed by atoms with Gasteiger partial charge in [0.05, 0.1) is 10.6 Å². The first-order chi connectivity index (χ1) is 12.0. The monoisotopic (exact) mass is 396 g/mol. The summed E-state index contributed by atoms with van der Waals surface area (Å²) in [5, 5.41) is 7.80. The fourth-order valence-corrected chi connectivity index (χ4v) is 3.64.